The standard InChI is InChI=1S/C12H22ClN3O2/c1-6-14-10(12(17-4)18-5)11-9(13)7-15-16(11)8(2)3/h7-8,10,12,14H,6H2,1-5H3. The Morgan fingerprint density at radius 3 is 2.44 bits per heavy atom. The zero-order valence-corrected chi connectivity index (χ0v) is 12.4. The maximum Gasteiger partial charge on any atom is 0.177 e. The summed E-state index contributed by atoms with van der Waals surface area (Å²) in [5.74, 6) is 0. The second-order valence-electron chi connectivity index (χ2n) is 4.29. The second kappa shape index (κ2) is 7.09. The summed E-state index contributed by atoms with van der Waals surface area (Å²) in [7, 11) is 3.23. The lowest BCUT2D eigenvalue weighted by molar-refractivity contribution is -0.125. The Morgan fingerprint density at radius 1 is 1.39 bits per heavy atom. The quantitative estimate of drug-likeness (QED) is 0.776. The molecule has 1 aromatic rings. The van der Waals surface area contributed by atoms with Gasteiger partial charge < -0.3 is 14.8 Å². The molecule has 1 heterocycles. The topological polar surface area (TPSA) is 48.3 Å². The molecule has 1 atom stereocenters. The number of hydrogen-bond acceptors (Lipinski definition) is 4. The van der Waals surface area contributed by atoms with Crippen molar-refractivity contribution in [2.45, 2.75) is 39.1 Å². The predicted octanol–water partition coefficient (Wildman–Crippen LogP) is 2.39. The van der Waals surface area contributed by atoms with Crippen LogP contribution in [-0.4, -0.2) is 36.8 Å². The lowest BCUT2D eigenvalue weighted by Gasteiger charge is -2.27. The van der Waals surface area contributed by atoms with Gasteiger partial charge in [-0.25, -0.2) is 0 Å². The van der Waals surface area contributed by atoms with E-state index in [0.717, 1.165) is 12.2 Å². The fraction of sp³-hybridized carbons (Fsp3) is 0.750. The maximum atomic E-state index is 6.24. The molecule has 6 heteroatoms. The number of methoxy groups -OCH3 is 2. The molecule has 0 aliphatic heterocycles. The van der Waals surface area contributed by atoms with Crippen molar-refractivity contribution in [1.82, 2.24) is 15.1 Å². The van der Waals surface area contributed by atoms with E-state index >= 15 is 0 Å². The lowest BCUT2D eigenvalue weighted by Crippen LogP contribution is -2.36. The zero-order valence-electron chi connectivity index (χ0n) is 11.6. The monoisotopic (exact) mass is 275 g/mol. The summed E-state index contributed by atoms with van der Waals surface area (Å²) < 4.78 is 12.6. The van der Waals surface area contributed by atoms with Gasteiger partial charge in [-0.1, -0.05) is 18.5 Å². The highest BCUT2D eigenvalue weighted by molar-refractivity contribution is 6.31. The summed E-state index contributed by atoms with van der Waals surface area (Å²) in [6.45, 7) is 6.93. The molecule has 0 amide bonds. The van der Waals surface area contributed by atoms with Crippen molar-refractivity contribution >= 4 is 11.6 Å². The number of nitrogens with zero attached hydrogens (tertiary/aromatic N) is 2. The van der Waals surface area contributed by atoms with Crippen LogP contribution >= 0.6 is 11.6 Å². The van der Waals surface area contributed by atoms with Crippen LogP contribution in [0.2, 0.25) is 5.02 Å². The lowest BCUT2D eigenvalue weighted by atomic mass is 10.1. The van der Waals surface area contributed by atoms with Crippen molar-refractivity contribution < 1.29 is 9.47 Å². The molecule has 1 unspecified atom stereocenters. The van der Waals surface area contributed by atoms with Crippen LogP contribution in [-0.2, 0) is 9.47 Å². The van der Waals surface area contributed by atoms with Gasteiger partial charge >= 0.3 is 0 Å². The Kier molecular flexibility index (Phi) is 6.08. The number of nitrogens with one attached hydrogen (secondary N) is 1. The van der Waals surface area contributed by atoms with E-state index in [0.29, 0.717) is 5.02 Å². The first-order valence-corrected chi connectivity index (χ1v) is 6.46. The van der Waals surface area contributed by atoms with Gasteiger partial charge in [-0.3, -0.25) is 4.68 Å². The van der Waals surface area contributed by atoms with Gasteiger partial charge in [-0.2, -0.15) is 5.10 Å². The molecule has 0 fully saturated rings. The van der Waals surface area contributed by atoms with Crippen molar-refractivity contribution in [3.63, 3.8) is 0 Å². The molecular formula is C12H22ClN3O2. The van der Waals surface area contributed by atoms with Gasteiger partial charge in [0.05, 0.1) is 16.9 Å². The Balaban J connectivity index is 3.15. The first kappa shape index (κ1) is 15.4. The second-order valence-corrected chi connectivity index (χ2v) is 4.70. The highest BCUT2D eigenvalue weighted by Crippen LogP contribution is 2.28. The minimum Gasteiger partial charge on any atom is -0.354 e. The van der Waals surface area contributed by atoms with Crippen LogP contribution in [0.3, 0.4) is 0 Å². The van der Waals surface area contributed by atoms with E-state index in [4.69, 9.17) is 21.1 Å². The smallest absolute Gasteiger partial charge is 0.177 e. The number of hydrogen-bond donors (Lipinski definition) is 1. The van der Waals surface area contributed by atoms with Crippen LogP contribution in [0.5, 0.6) is 0 Å². The average molecular weight is 276 g/mol. The van der Waals surface area contributed by atoms with Gasteiger partial charge in [0.25, 0.3) is 0 Å². The van der Waals surface area contributed by atoms with Crippen molar-refractivity contribution in [1.29, 1.82) is 0 Å². The summed E-state index contributed by atoms with van der Waals surface area (Å²) in [5, 5.41) is 8.25. The molecule has 5 nitrogen and oxygen atoms in total. The van der Waals surface area contributed by atoms with Crippen LogP contribution in [0.4, 0.5) is 0 Å². The Labute approximate surface area is 113 Å². The van der Waals surface area contributed by atoms with Gasteiger partial charge in [0.15, 0.2) is 6.29 Å². The summed E-state index contributed by atoms with van der Waals surface area (Å²) >= 11 is 6.24. The number of halogens is 1. The molecule has 0 radical (unpaired) electrons. The van der Waals surface area contributed by atoms with E-state index in [1.165, 1.54) is 0 Å². The van der Waals surface area contributed by atoms with Crippen LogP contribution in [0.1, 0.15) is 38.5 Å². The number of ether oxygens (including phenoxy) is 2. The predicted molar refractivity (Wildman–Crippen MR) is 71.8 cm³/mol. The molecule has 0 spiro atoms. The Morgan fingerprint density at radius 2 is 2.00 bits per heavy atom. The van der Waals surface area contributed by atoms with E-state index < -0.39 is 6.29 Å². The molecule has 104 valence electrons. The zero-order chi connectivity index (χ0) is 13.7. The third-order valence-corrected chi connectivity index (χ3v) is 3.02. The van der Waals surface area contributed by atoms with E-state index in [9.17, 15) is 0 Å². The first-order chi connectivity index (χ1) is 8.56. The maximum absolute atomic E-state index is 6.24. The van der Waals surface area contributed by atoms with Gasteiger partial charge in [0.2, 0.25) is 0 Å². The fourth-order valence-corrected chi connectivity index (χ4v) is 2.21. The highest BCUT2D eigenvalue weighted by Gasteiger charge is 2.28. The normalized spacial score (nSPS) is 13.6. The van der Waals surface area contributed by atoms with Crippen molar-refractivity contribution in [3.8, 4) is 0 Å². The molecule has 0 aromatic carbocycles. The van der Waals surface area contributed by atoms with Crippen molar-refractivity contribution in [2.24, 2.45) is 0 Å². The fourth-order valence-electron chi connectivity index (χ4n) is 1.96. The third-order valence-electron chi connectivity index (χ3n) is 2.73. The number of rotatable bonds is 7. The number of aromatic nitrogens is 2. The first-order valence-electron chi connectivity index (χ1n) is 6.08. The molecule has 18 heavy (non-hydrogen) atoms. The van der Waals surface area contributed by atoms with E-state index in [1.54, 1.807) is 20.4 Å². The minimum atomic E-state index is -0.406. The van der Waals surface area contributed by atoms with Crippen LogP contribution in [0.25, 0.3) is 0 Å². The summed E-state index contributed by atoms with van der Waals surface area (Å²) in [5.41, 5.74) is 0.891. The van der Waals surface area contributed by atoms with Crippen LogP contribution in [0.15, 0.2) is 6.20 Å². The molecular weight excluding hydrogens is 254 g/mol. The summed E-state index contributed by atoms with van der Waals surface area (Å²) in [6, 6.07) is 0.0745. The van der Waals surface area contributed by atoms with Crippen LogP contribution < -0.4 is 5.32 Å². The summed E-state index contributed by atoms with van der Waals surface area (Å²) in [6.07, 6.45) is 1.25. The SMILES string of the molecule is CCNC(c1c(Cl)cnn1C(C)C)C(OC)OC. The number of likely N-dealkylation sites (N-methyl/N-ethyl adjacent to an activating group) is 1. The van der Waals surface area contributed by atoms with Crippen molar-refractivity contribution in [3.05, 3.63) is 16.9 Å². The van der Waals surface area contributed by atoms with Crippen molar-refractivity contribution in [2.75, 3.05) is 20.8 Å². The third kappa shape index (κ3) is 3.23. The molecule has 1 rings (SSSR count). The van der Waals surface area contributed by atoms with Gasteiger partial charge in [0.1, 0.15) is 6.04 Å². The summed E-state index contributed by atoms with van der Waals surface area (Å²) in [4.78, 5) is 0. The molecule has 0 aliphatic carbocycles. The van der Waals surface area contributed by atoms with E-state index in [-0.39, 0.29) is 12.1 Å². The van der Waals surface area contributed by atoms with E-state index in [2.05, 4.69) is 24.3 Å². The molecule has 1 N–H and O–H groups in total. The molecule has 0 saturated carbocycles. The van der Waals surface area contributed by atoms with Gasteiger partial charge in [-0.15, -0.1) is 0 Å². The average Bonchev–Trinajstić information content (AvgIpc) is 2.71. The Bertz CT molecular complexity index is 364. The minimum absolute atomic E-state index is 0.151. The van der Waals surface area contributed by atoms with Gasteiger partial charge in [0, 0.05) is 20.3 Å². The molecule has 0 saturated heterocycles. The van der Waals surface area contributed by atoms with Crippen LogP contribution in [0, 0.1) is 0 Å². The molecule has 0 bridgehead atoms. The molecule has 0 aliphatic rings. The van der Waals surface area contributed by atoms with E-state index in [1.807, 2.05) is 11.6 Å². The highest BCUT2D eigenvalue weighted by atomic mass is 35.5. The largest absolute Gasteiger partial charge is 0.354 e. The Hall–Kier alpha value is -0.620. The molecule has 1 aromatic heterocycles. The van der Waals surface area contributed by atoms with Gasteiger partial charge in [-0.05, 0) is 20.4 Å².